The smallest absolute Gasteiger partial charge is 0.226 e. The van der Waals surface area contributed by atoms with Gasteiger partial charge in [-0.15, -0.1) is 0 Å². The Morgan fingerprint density at radius 3 is 2.38 bits per heavy atom. The number of aromatic hydroxyl groups is 1. The molecule has 0 aliphatic heterocycles. The molecule has 0 aromatic carbocycles. The van der Waals surface area contributed by atoms with E-state index in [1.807, 2.05) is 0 Å². The fourth-order valence-corrected chi connectivity index (χ4v) is 1.30. The highest BCUT2D eigenvalue weighted by atomic mass is 16.4. The van der Waals surface area contributed by atoms with Crippen LogP contribution in [0.5, 0.6) is 5.75 Å². The predicted octanol–water partition coefficient (Wildman–Crippen LogP) is -0.868. The summed E-state index contributed by atoms with van der Waals surface area (Å²) in [5.74, 6) is -0.0516. The highest BCUT2D eigenvalue weighted by molar-refractivity contribution is 5.15. The molecule has 0 amide bonds. The van der Waals surface area contributed by atoms with E-state index in [0.717, 1.165) is 6.26 Å². The first-order chi connectivity index (χ1) is 7.67. The Morgan fingerprint density at radius 2 is 1.88 bits per heavy atom. The van der Waals surface area contributed by atoms with Gasteiger partial charge < -0.3 is 19.7 Å². The summed E-state index contributed by atoms with van der Waals surface area (Å²) in [7, 11) is 0. The summed E-state index contributed by atoms with van der Waals surface area (Å²) in [6, 6.07) is 1.19. The molecular weight excluding hydrogens is 214 g/mol. The average Bonchev–Trinajstić information content (AvgIpc) is 2.24. The number of aliphatic hydroxyl groups excluding tert-OH is 2. The molecule has 1 heterocycles. The van der Waals surface area contributed by atoms with E-state index >= 15 is 0 Å². The summed E-state index contributed by atoms with van der Waals surface area (Å²) >= 11 is 0. The van der Waals surface area contributed by atoms with Crippen molar-refractivity contribution in [1.29, 1.82) is 0 Å². The van der Waals surface area contributed by atoms with E-state index in [4.69, 9.17) is 19.7 Å². The zero-order valence-corrected chi connectivity index (χ0v) is 8.80. The van der Waals surface area contributed by atoms with Gasteiger partial charge in [-0.3, -0.25) is 9.69 Å². The molecule has 0 fully saturated rings. The number of hydrogen-bond acceptors (Lipinski definition) is 6. The Hall–Kier alpha value is -1.37. The summed E-state index contributed by atoms with van der Waals surface area (Å²) in [5.41, 5.74) is -0.505. The van der Waals surface area contributed by atoms with Crippen LogP contribution in [0.25, 0.3) is 0 Å². The van der Waals surface area contributed by atoms with Crippen molar-refractivity contribution in [2.24, 2.45) is 0 Å². The Labute approximate surface area is 92.4 Å². The lowest BCUT2D eigenvalue weighted by molar-refractivity contribution is 0.147. The van der Waals surface area contributed by atoms with E-state index in [2.05, 4.69) is 0 Å². The number of hydrogen-bond donors (Lipinski definition) is 3. The summed E-state index contributed by atoms with van der Waals surface area (Å²) in [4.78, 5) is 12.8. The standard InChI is InChI=1S/C10H15NO5/c12-3-1-11(2-4-13)6-8-5-9(14)10(15)7-16-8/h5,7,12-13,15H,1-4,6H2. The normalized spacial score (nSPS) is 10.9. The molecule has 0 saturated carbocycles. The SMILES string of the molecule is O=c1cc(CN(CCO)CCO)occ1O. The van der Waals surface area contributed by atoms with Gasteiger partial charge >= 0.3 is 0 Å². The average molecular weight is 229 g/mol. The second kappa shape index (κ2) is 6.26. The van der Waals surface area contributed by atoms with E-state index in [0.29, 0.717) is 25.4 Å². The molecule has 1 aromatic heterocycles. The van der Waals surface area contributed by atoms with E-state index in [9.17, 15) is 4.79 Å². The molecule has 0 atom stereocenters. The lowest BCUT2D eigenvalue weighted by Gasteiger charge is -2.18. The van der Waals surface area contributed by atoms with Crippen molar-refractivity contribution < 1.29 is 19.7 Å². The summed E-state index contributed by atoms with van der Waals surface area (Å²) in [6.07, 6.45) is 0.980. The fraction of sp³-hybridized carbons (Fsp3) is 0.500. The number of nitrogens with zero attached hydrogens (tertiary/aromatic N) is 1. The van der Waals surface area contributed by atoms with Gasteiger partial charge in [-0.2, -0.15) is 0 Å². The Morgan fingerprint density at radius 1 is 1.25 bits per heavy atom. The molecule has 3 N–H and O–H groups in total. The first-order valence-corrected chi connectivity index (χ1v) is 4.92. The van der Waals surface area contributed by atoms with Crippen LogP contribution in [0, 0.1) is 0 Å². The Bertz CT molecular complexity index is 370. The van der Waals surface area contributed by atoms with Gasteiger partial charge in [0.2, 0.25) is 5.43 Å². The monoisotopic (exact) mass is 229 g/mol. The van der Waals surface area contributed by atoms with E-state index in [1.165, 1.54) is 6.07 Å². The van der Waals surface area contributed by atoms with Gasteiger partial charge in [-0.1, -0.05) is 0 Å². The zero-order valence-electron chi connectivity index (χ0n) is 8.80. The first kappa shape index (κ1) is 12.7. The van der Waals surface area contributed by atoms with E-state index in [-0.39, 0.29) is 13.2 Å². The van der Waals surface area contributed by atoms with Crippen LogP contribution >= 0.6 is 0 Å². The molecule has 0 bridgehead atoms. The number of aliphatic hydroxyl groups is 2. The van der Waals surface area contributed by atoms with Crippen LogP contribution in [-0.4, -0.2) is 46.5 Å². The van der Waals surface area contributed by atoms with Crippen molar-refractivity contribution in [3.8, 4) is 5.75 Å². The van der Waals surface area contributed by atoms with Crippen LogP contribution in [0.3, 0.4) is 0 Å². The molecule has 1 aromatic rings. The second-order valence-corrected chi connectivity index (χ2v) is 3.32. The van der Waals surface area contributed by atoms with Crippen molar-refractivity contribution in [2.75, 3.05) is 26.3 Å². The zero-order chi connectivity index (χ0) is 12.0. The molecule has 0 aliphatic rings. The van der Waals surface area contributed by atoms with Crippen LogP contribution in [0.15, 0.2) is 21.5 Å². The third-order valence-corrected chi connectivity index (χ3v) is 2.08. The molecule has 0 saturated heterocycles. The highest BCUT2D eigenvalue weighted by Crippen LogP contribution is 2.06. The second-order valence-electron chi connectivity index (χ2n) is 3.32. The van der Waals surface area contributed by atoms with Crippen molar-refractivity contribution in [3.63, 3.8) is 0 Å². The van der Waals surface area contributed by atoms with Crippen molar-refractivity contribution in [1.82, 2.24) is 4.90 Å². The molecule has 1 rings (SSSR count). The molecule has 0 spiro atoms. The molecule has 0 radical (unpaired) electrons. The van der Waals surface area contributed by atoms with Gasteiger partial charge in [0, 0.05) is 19.2 Å². The van der Waals surface area contributed by atoms with E-state index in [1.54, 1.807) is 4.90 Å². The topological polar surface area (TPSA) is 94.1 Å². The van der Waals surface area contributed by atoms with Crippen LogP contribution in [-0.2, 0) is 6.54 Å². The molecule has 90 valence electrons. The minimum atomic E-state index is -0.505. The Kier molecular flexibility index (Phi) is 4.97. The largest absolute Gasteiger partial charge is 0.502 e. The molecular formula is C10H15NO5. The first-order valence-electron chi connectivity index (χ1n) is 4.92. The highest BCUT2D eigenvalue weighted by Gasteiger charge is 2.08. The van der Waals surface area contributed by atoms with Crippen molar-refractivity contribution in [2.45, 2.75) is 6.54 Å². The molecule has 6 nitrogen and oxygen atoms in total. The van der Waals surface area contributed by atoms with Gasteiger partial charge in [0.25, 0.3) is 0 Å². The maximum atomic E-state index is 11.1. The van der Waals surface area contributed by atoms with Gasteiger partial charge in [-0.25, -0.2) is 0 Å². The van der Waals surface area contributed by atoms with Crippen molar-refractivity contribution in [3.05, 3.63) is 28.3 Å². The predicted molar refractivity (Wildman–Crippen MR) is 56.1 cm³/mol. The Balaban J connectivity index is 2.69. The number of rotatable bonds is 6. The van der Waals surface area contributed by atoms with Crippen LogP contribution in [0.1, 0.15) is 5.76 Å². The lowest BCUT2D eigenvalue weighted by Crippen LogP contribution is -2.29. The van der Waals surface area contributed by atoms with Crippen molar-refractivity contribution >= 4 is 0 Å². The molecule has 16 heavy (non-hydrogen) atoms. The van der Waals surface area contributed by atoms with Gasteiger partial charge in [-0.05, 0) is 0 Å². The summed E-state index contributed by atoms with van der Waals surface area (Å²) in [5, 5.41) is 26.6. The minimum absolute atomic E-state index is 0.0394. The summed E-state index contributed by atoms with van der Waals surface area (Å²) < 4.78 is 5.01. The maximum absolute atomic E-state index is 11.1. The minimum Gasteiger partial charge on any atom is -0.502 e. The molecule has 0 unspecified atom stereocenters. The van der Waals surface area contributed by atoms with Gasteiger partial charge in [0.15, 0.2) is 5.75 Å². The summed E-state index contributed by atoms with van der Waals surface area (Å²) in [6.45, 7) is 0.984. The lowest BCUT2D eigenvalue weighted by atomic mass is 10.3. The molecule has 6 heteroatoms. The molecule has 0 aliphatic carbocycles. The van der Waals surface area contributed by atoms with Crippen LogP contribution in [0.2, 0.25) is 0 Å². The maximum Gasteiger partial charge on any atom is 0.226 e. The van der Waals surface area contributed by atoms with Crippen LogP contribution in [0.4, 0.5) is 0 Å². The third kappa shape index (κ3) is 3.65. The fourth-order valence-electron chi connectivity index (χ4n) is 1.30. The van der Waals surface area contributed by atoms with Crippen LogP contribution < -0.4 is 5.43 Å². The van der Waals surface area contributed by atoms with Gasteiger partial charge in [0.1, 0.15) is 12.0 Å². The quantitative estimate of drug-likeness (QED) is 0.587. The third-order valence-electron chi connectivity index (χ3n) is 2.08. The van der Waals surface area contributed by atoms with E-state index < -0.39 is 11.2 Å². The van der Waals surface area contributed by atoms with Gasteiger partial charge in [0.05, 0.1) is 19.8 Å².